The summed E-state index contributed by atoms with van der Waals surface area (Å²) >= 11 is 0. The van der Waals surface area contributed by atoms with E-state index in [2.05, 4.69) is 22.1 Å². The Labute approximate surface area is 90.7 Å². The second-order valence-electron chi connectivity index (χ2n) is 4.02. The van der Waals surface area contributed by atoms with Gasteiger partial charge < -0.3 is 9.73 Å². The van der Waals surface area contributed by atoms with E-state index in [0.717, 1.165) is 25.4 Å². The first-order valence-electron chi connectivity index (χ1n) is 5.72. The Morgan fingerprint density at radius 1 is 1.67 bits per heavy atom. The van der Waals surface area contributed by atoms with Gasteiger partial charge in [0.1, 0.15) is 5.76 Å². The number of nitrogens with one attached hydrogen (secondary N) is 1. The number of nitrogens with zero attached hydrogens (tertiary/aromatic N) is 2. The van der Waals surface area contributed by atoms with E-state index in [4.69, 9.17) is 4.42 Å². The molecule has 0 radical (unpaired) electrons. The third-order valence-electron chi connectivity index (χ3n) is 3.07. The van der Waals surface area contributed by atoms with Gasteiger partial charge in [0.05, 0.1) is 12.7 Å². The van der Waals surface area contributed by atoms with E-state index in [9.17, 15) is 0 Å². The predicted molar refractivity (Wildman–Crippen MR) is 58.5 cm³/mol. The Morgan fingerprint density at radius 3 is 3.33 bits per heavy atom. The topological polar surface area (TPSA) is 41.3 Å². The molecule has 84 valence electrons. The largest absolute Gasteiger partial charge is 0.447 e. The molecule has 1 aliphatic heterocycles. The van der Waals surface area contributed by atoms with Crippen molar-refractivity contribution in [1.29, 1.82) is 0 Å². The highest BCUT2D eigenvalue weighted by atomic mass is 16.3. The molecule has 0 aromatic carbocycles. The first-order chi connectivity index (χ1) is 7.40. The Kier molecular flexibility index (Phi) is 3.75. The monoisotopic (exact) mass is 209 g/mol. The molecule has 1 N–H and O–H groups in total. The van der Waals surface area contributed by atoms with Crippen molar-refractivity contribution in [3.05, 3.63) is 18.4 Å². The first kappa shape index (κ1) is 10.6. The molecule has 0 aliphatic carbocycles. The molecule has 0 amide bonds. The molecule has 1 aromatic heterocycles. The second kappa shape index (κ2) is 5.28. The maximum Gasteiger partial charge on any atom is 0.180 e. The van der Waals surface area contributed by atoms with E-state index in [0.29, 0.717) is 6.04 Å². The zero-order valence-corrected chi connectivity index (χ0v) is 9.28. The van der Waals surface area contributed by atoms with Crippen molar-refractivity contribution in [2.24, 2.45) is 0 Å². The predicted octanol–water partition coefficient (Wildman–Crippen LogP) is 1.25. The second-order valence-corrected chi connectivity index (χ2v) is 4.02. The molecule has 2 heterocycles. The fourth-order valence-corrected chi connectivity index (χ4v) is 2.23. The normalized spacial score (nSPS) is 22.3. The van der Waals surface area contributed by atoms with Gasteiger partial charge in [0.2, 0.25) is 0 Å². The van der Waals surface area contributed by atoms with Gasteiger partial charge in [0.25, 0.3) is 0 Å². The minimum atomic E-state index is 0.706. The van der Waals surface area contributed by atoms with Gasteiger partial charge in [-0.05, 0) is 25.9 Å². The van der Waals surface area contributed by atoms with Crippen molar-refractivity contribution in [1.82, 2.24) is 15.2 Å². The third kappa shape index (κ3) is 2.79. The van der Waals surface area contributed by atoms with Crippen LogP contribution in [0.4, 0.5) is 0 Å². The molecule has 15 heavy (non-hydrogen) atoms. The van der Waals surface area contributed by atoms with Crippen molar-refractivity contribution in [3.63, 3.8) is 0 Å². The average molecular weight is 209 g/mol. The van der Waals surface area contributed by atoms with Crippen LogP contribution in [0, 0.1) is 0 Å². The van der Waals surface area contributed by atoms with Crippen LogP contribution in [0.15, 0.2) is 17.0 Å². The summed E-state index contributed by atoms with van der Waals surface area (Å²) in [6.07, 6.45) is 5.89. The Hall–Kier alpha value is -0.870. The summed E-state index contributed by atoms with van der Waals surface area (Å²) in [4.78, 5) is 6.42. The zero-order valence-electron chi connectivity index (χ0n) is 9.28. The van der Waals surface area contributed by atoms with E-state index in [-0.39, 0.29) is 0 Å². The number of hydrogen-bond acceptors (Lipinski definition) is 4. The van der Waals surface area contributed by atoms with Gasteiger partial charge in [-0.25, -0.2) is 4.98 Å². The molecule has 4 heteroatoms. The van der Waals surface area contributed by atoms with Crippen LogP contribution in [-0.4, -0.2) is 35.6 Å². The standard InChI is InChI=1S/C11H19N3O/c1-2-14-5-3-4-10(14)6-12-7-11-8-13-9-15-11/h8-10,12H,2-7H2,1H3. The lowest BCUT2D eigenvalue weighted by atomic mass is 10.2. The van der Waals surface area contributed by atoms with Crippen LogP contribution in [-0.2, 0) is 6.54 Å². The highest BCUT2D eigenvalue weighted by Crippen LogP contribution is 2.15. The molecule has 4 nitrogen and oxygen atoms in total. The van der Waals surface area contributed by atoms with Crippen LogP contribution in [0.2, 0.25) is 0 Å². The van der Waals surface area contributed by atoms with Crippen molar-refractivity contribution < 1.29 is 4.42 Å². The maximum absolute atomic E-state index is 5.16. The molecule has 2 rings (SSSR count). The maximum atomic E-state index is 5.16. The van der Waals surface area contributed by atoms with Gasteiger partial charge in [0.15, 0.2) is 6.39 Å². The SMILES string of the molecule is CCN1CCCC1CNCc1cnco1. The number of likely N-dealkylation sites (tertiary alicyclic amines) is 1. The van der Waals surface area contributed by atoms with Crippen LogP contribution >= 0.6 is 0 Å². The van der Waals surface area contributed by atoms with Crippen LogP contribution in [0.3, 0.4) is 0 Å². The summed E-state index contributed by atoms with van der Waals surface area (Å²) in [5, 5.41) is 3.42. The summed E-state index contributed by atoms with van der Waals surface area (Å²) in [7, 11) is 0. The number of hydrogen-bond donors (Lipinski definition) is 1. The summed E-state index contributed by atoms with van der Waals surface area (Å²) in [5.74, 6) is 0.913. The van der Waals surface area contributed by atoms with Gasteiger partial charge in [-0.2, -0.15) is 0 Å². The van der Waals surface area contributed by atoms with Crippen LogP contribution in [0.25, 0.3) is 0 Å². The van der Waals surface area contributed by atoms with E-state index in [1.54, 1.807) is 6.20 Å². The molecule has 0 saturated carbocycles. The molecular weight excluding hydrogens is 190 g/mol. The Morgan fingerprint density at radius 2 is 2.60 bits per heavy atom. The highest BCUT2D eigenvalue weighted by Gasteiger charge is 2.22. The average Bonchev–Trinajstić information content (AvgIpc) is 2.88. The molecule has 1 unspecified atom stereocenters. The molecule has 0 spiro atoms. The van der Waals surface area contributed by atoms with E-state index in [1.807, 2.05) is 0 Å². The van der Waals surface area contributed by atoms with Crippen molar-refractivity contribution in [2.75, 3.05) is 19.6 Å². The summed E-state index contributed by atoms with van der Waals surface area (Å²) in [5.41, 5.74) is 0. The quantitative estimate of drug-likeness (QED) is 0.792. The van der Waals surface area contributed by atoms with Crippen LogP contribution in [0.1, 0.15) is 25.5 Å². The number of oxazole rings is 1. The minimum Gasteiger partial charge on any atom is -0.447 e. The fourth-order valence-electron chi connectivity index (χ4n) is 2.23. The van der Waals surface area contributed by atoms with Gasteiger partial charge in [-0.3, -0.25) is 4.90 Å². The third-order valence-corrected chi connectivity index (χ3v) is 3.07. The van der Waals surface area contributed by atoms with E-state index in [1.165, 1.54) is 25.8 Å². The molecule has 1 fully saturated rings. The van der Waals surface area contributed by atoms with Crippen molar-refractivity contribution in [2.45, 2.75) is 32.4 Å². The van der Waals surface area contributed by atoms with Crippen molar-refractivity contribution in [3.8, 4) is 0 Å². The summed E-state index contributed by atoms with van der Waals surface area (Å²) in [6, 6.07) is 0.706. The zero-order chi connectivity index (χ0) is 10.5. The summed E-state index contributed by atoms with van der Waals surface area (Å²) in [6.45, 7) is 6.48. The number of aromatic nitrogens is 1. The molecule has 0 bridgehead atoms. The molecular formula is C11H19N3O. The number of rotatable bonds is 5. The van der Waals surface area contributed by atoms with Crippen LogP contribution < -0.4 is 5.32 Å². The smallest absolute Gasteiger partial charge is 0.180 e. The summed E-state index contributed by atoms with van der Waals surface area (Å²) < 4.78 is 5.16. The van der Waals surface area contributed by atoms with E-state index >= 15 is 0 Å². The van der Waals surface area contributed by atoms with Gasteiger partial charge >= 0.3 is 0 Å². The lowest BCUT2D eigenvalue weighted by Gasteiger charge is -2.22. The minimum absolute atomic E-state index is 0.706. The van der Waals surface area contributed by atoms with Gasteiger partial charge in [-0.1, -0.05) is 6.92 Å². The van der Waals surface area contributed by atoms with Crippen LogP contribution in [0.5, 0.6) is 0 Å². The molecule has 1 aromatic rings. The Balaban J connectivity index is 1.69. The molecule has 1 aliphatic rings. The molecule has 1 atom stereocenters. The van der Waals surface area contributed by atoms with Crippen molar-refractivity contribution >= 4 is 0 Å². The number of likely N-dealkylation sites (N-methyl/N-ethyl adjacent to an activating group) is 1. The lowest BCUT2D eigenvalue weighted by molar-refractivity contribution is 0.258. The van der Waals surface area contributed by atoms with Gasteiger partial charge in [-0.15, -0.1) is 0 Å². The lowest BCUT2D eigenvalue weighted by Crippen LogP contribution is -2.37. The molecule has 1 saturated heterocycles. The fraction of sp³-hybridized carbons (Fsp3) is 0.727. The highest BCUT2D eigenvalue weighted by molar-refractivity contribution is 4.88. The van der Waals surface area contributed by atoms with Gasteiger partial charge in [0, 0.05) is 12.6 Å². The van der Waals surface area contributed by atoms with E-state index < -0.39 is 0 Å². The first-order valence-corrected chi connectivity index (χ1v) is 5.72. The Bertz CT molecular complexity index is 273.